The number of carbonyl (C=O) groups is 1. The molecule has 1 saturated heterocycles. The normalized spacial score (nSPS) is 19.2. The van der Waals surface area contributed by atoms with Crippen molar-refractivity contribution in [3.63, 3.8) is 0 Å². The lowest BCUT2D eigenvalue weighted by atomic mass is 9.87. The molecule has 29 heavy (non-hydrogen) atoms. The fourth-order valence-corrected chi connectivity index (χ4v) is 5.21. The Balaban J connectivity index is 1.38. The molecule has 1 fully saturated rings. The van der Waals surface area contributed by atoms with Crippen LogP contribution >= 0.6 is 0 Å². The Labute approximate surface area is 172 Å². The zero-order chi connectivity index (χ0) is 20.0. The molecule has 4 nitrogen and oxygen atoms in total. The summed E-state index contributed by atoms with van der Waals surface area (Å²) < 4.78 is 2.00. The molecule has 0 spiro atoms. The van der Waals surface area contributed by atoms with Crippen molar-refractivity contribution >= 4 is 16.6 Å². The Morgan fingerprint density at radius 3 is 2.79 bits per heavy atom. The van der Waals surface area contributed by atoms with Crippen LogP contribution in [0.2, 0.25) is 0 Å². The third-order valence-electron chi connectivity index (χ3n) is 6.78. The van der Waals surface area contributed by atoms with Gasteiger partial charge in [-0.25, -0.2) is 0 Å². The maximum absolute atomic E-state index is 13.5. The number of benzene rings is 2. The summed E-state index contributed by atoms with van der Waals surface area (Å²) in [4.78, 5) is 16.0. The summed E-state index contributed by atoms with van der Waals surface area (Å²) in [6.45, 7) is 7.89. The van der Waals surface area contributed by atoms with Crippen LogP contribution in [-0.4, -0.2) is 33.6 Å². The van der Waals surface area contributed by atoms with E-state index in [1.807, 2.05) is 4.68 Å². The quantitative estimate of drug-likeness (QED) is 0.603. The zero-order valence-electron chi connectivity index (χ0n) is 17.4. The summed E-state index contributed by atoms with van der Waals surface area (Å²) in [5, 5.41) is 7.08. The Morgan fingerprint density at radius 1 is 1.17 bits per heavy atom. The van der Waals surface area contributed by atoms with E-state index >= 15 is 0 Å². The smallest absolute Gasteiger partial charge is 0.167 e. The third kappa shape index (κ3) is 3.29. The SMILES string of the molecule is CCn1cc(CN2CCCC(C(=O)c3ccc4c5c(cccc35)CC4)C2)c(C)n1. The van der Waals surface area contributed by atoms with Gasteiger partial charge in [0.1, 0.15) is 0 Å². The number of Topliss-reactive ketones (excluding diaryl/α,β-unsaturated/α-hetero) is 1. The number of likely N-dealkylation sites (tertiary alicyclic amines) is 1. The molecule has 2 aliphatic rings. The van der Waals surface area contributed by atoms with E-state index in [-0.39, 0.29) is 5.92 Å². The molecule has 1 atom stereocenters. The molecule has 1 aliphatic carbocycles. The number of ketones is 1. The first-order valence-electron chi connectivity index (χ1n) is 11.0. The van der Waals surface area contributed by atoms with Crippen LogP contribution in [0.5, 0.6) is 0 Å². The molecule has 1 aromatic heterocycles. The molecule has 1 aliphatic heterocycles. The first-order valence-corrected chi connectivity index (χ1v) is 11.0. The number of nitrogens with zero attached hydrogens (tertiary/aromatic N) is 3. The predicted octanol–water partition coefficient (Wildman–Crippen LogP) is 4.56. The van der Waals surface area contributed by atoms with Gasteiger partial charge >= 0.3 is 0 Å². The average Bonchev–Trinajstić information content (AvgIpc) is 3.33. The van der Waals surface area contributed by atoms with Gasteiger partial charge < -0.3 is 0 Å². The van der Waals surface area contributed by atoms with Crippen molar-refractivity contribution < 1.29 is 4.79 Å². The summed E-state index contributed by atoms with van der Waals surface area (Å²) in [6.07, 6.45) is 6.44. The minimum absolute atomic E-state index is 0.0868. The number of rotatable bonds is 5. The van der Waals surface area contributed by atoms with Gasteiger partial charge in [-0.15, -0.1) is 0 Å². The second-order valence-corrected chi connectivity index (χ2v) is 8.65. The highest BCUT2D eigenvalue weighted by molar-refractivity contribution is 6.11. The van der Waals surface area contributed by atoms with Crippen molar-refractivity contribution in [1.82, 2.24) is 14.7 Å². The maximum atomic E-state index is 13.5. The van der Waals surface area contributed by atoms with Crippen molar-refractivity contribution in [2.45, 2.75) is 52.6 Å². The van der Waals surface area contributed by atoms with Gasteiger partial charge in [-0.1, -0.05) is 30.3 Å². The second-order valence-electron chi connectivity index (χ2n) is 8.65. The topological polar surface area (TPSA) is 38.1 Å². The predicted molar refractivity (Wildman–Crippen MR) is 116 cm³/mol. The zero-order valence-corrected chi connectivity index (χ0v) is 17.4. The summed E-state index contributed by atoms with van der Waals surface area (Å²) in [7, 11) is 0. The highest BCUT2D eigenvalue weighted by Gasteiger charge is 2.29. The molecule has 5 rings (SSSR count). The van der Waals surface area contributed by atoms with Gasteiger partial charge in [0.05, 0.1) is 5.69 Å². The van der Waals surface area contributed by atoms with Crippen LogP contribution in [0.1, 0.15) is 52.5 Å². The lowest BCUT2D eigenvalue weighted by Crippen LogP contribution is -2.38. The van der Waals surface area contributed by atoms with E-state index < -0.39 is 0 Å². The third-order valence-corrected chi connectivity index (χ3v) is 6.78. The van der Waals surface area contributed by atoms with E-state index in [4.69, 9.17) is 0 Å². The van der Waals surface area contributed by atoms with Gasteiger partial charge in [-0.2, -0.15) is 5.10 Å². The fraction of sp³-hybridized carbons (Fsp3) is 0.440. The molecular weight excluding hydrogens is 358 g/mol. The molecule has 0 N–H and O–H groups in total. The number of aromatic nitrogens is 2. The summed E-state index contributed by atoms with van der Waals surface area (Å²) in [5.74, 6) is 0.412. The van der Waals surface area contributed by atoms with Gasteiger partial charge in [0.15, 0.2) is 5.78 Å². The number of piperidine rings is 1. The highest BCUT2D eigenvalue weighted by Crippen LogP contribution is 2.34. The van der Waals surface area contributed by atoms with Crippen LogP contribution in [0.25, 0.3) is 10.8 Å². The molecule has 3 aromatic rings. The van der Waals surface area contributed by atoms with Crippen LogP contribution < -0.4 is 0 Å². The second kappa shape index (κ2) is 7.42. The molecule has 2 aromatic carbocycles. The standard InChI is InChI=1S/C25H29N3O/c1-3-28-16-21(17(2)26-28)15-27-13-5-7-20(14-27)25(29)23-12-11-19-10-9-18-6-4-8-22(23)24(18)19/h4,6,8,11-12,16,20H,3,5,7,9-10,13-15H2,1-2H3. The first-order chi connectivity index (χ1) is 14.1. The van der Waals surface area contributed by atoms with Gasteiger partial charge in [-0.05, 0) is 68.0 Å². The molecule has 4 heteroatoms. The van der Waals surface area contributed by atoms with E-state index in [2.05, 4.69) is 60.4 Å². The monoisotopic (exact) mass is 387 g/mol. The van der Waals surface area contributed by atoms with Crippen molar-refractivity contribution in [1.29, 1.82) is 0 Å². The largest absolute Gasteiger partial charge is 0.298 e. The van der Waals surface area contributed by atoms with Gasteiger partial charge in [0.2, 0.25) is 0 Å². The first kappa shape index (κ1) is 18.6. The lowest BCUT2D eigenvalue weighted by molar-refractivity contribution is 0.0813. The molecule has 1 unspecified atom stereocenters. The van der Waals surface area contributed by atoms with Crippen molar-refractivity contribution in [2.75, 3.05) is 13.1 Å². The van der Waals surface area contributed by atoms with Crippen LogP contribution in [-0.2, 0) is 25.9 Å². The molecule has 2 heterocycles. The fourth-order valence-electron chi connectivity index (χ4n) is 5.21. The minimum Gasteiger partial charge on any atom is -0.298 e. The van der Waals surface area contributed by atoms with E-state index in [9.17, 15) is 4.79 Å². The van der Waals surface area contributed by atoms with Gasteiger partial charge in [0, 0.05) is 42.9 Å². The number of hydrogen-bond donors (Lipinski definition) is 0. The number of aryl methyl sites for hydroxylation is 4. The Morgan fingerprint density at radius 2 is 2.00 bits per heavy atom. The van der Waals surface area contributed by atoms with E-state index in [1.54, 1.807) is 0 Å². The van der Waals surface area contributed by atoms with Crippen LogP contribution in [0, 0.1) is 12.8 Å². The summed E-state index contributed by atoms with van der Waals surface area (Å²) >= 11 is 0. The molecule has 0 saturated carbocycles. The molecular formula is C25H29N3O. The molecule has 0 amide bonds. The number of hydrogen-bond acceptors (Lipinski definition) is 3. The highest BCUT2D eigenvalue weighted by atomic mass is 16.1. The summed E-state index contributed by atoms with van der Waals surface area (Å²) in [5.41, 5.74) is 6.12. The van der Waals surface area contributed by atoms with Crippen molar-refractivity contribution in [2.24, 2.45) is 5.92 Å². The van der Waals surface area contributed by atoms with Crippen LogP contribution in [0.3, 0.4) is 0 Å². The minimum atomic E-state index is 0.0868. The maximum Gasteiger partial charge on any atom is 0.167 e. The Bertz CT molecular complexity index is 1070. The Kier molecular flexibility index (Phi) is 4.75. The average molecular weight is 388 g/mol. The van der Waals surface area contributed by atoms with E-state index in [0.717, 1.165) is 63.1 Å². The van der Waals surface area contributed by atoms with Crippen molar-refractivity contribution in [3.8, 4) is 0 Å². The molecule has 0 bridgehead atoms. The van der Waals surface area contributed by atoms with Gasteiger partial charge in [0.25, 0.3) is 0 Å². The number of carbonyl (C=O) groups excluding carboxylic acids is 1. The van der Waals surface area contributed by atoms with Gasteiger partial charge in [-0.3, -0.25) is 14.4 Å². The van der Waals surface area contributed by atoms with Crippen LogP contribution in [0.4, 0.5) is 0 Å². The van der Waals surface area contributed by atoms with Crippen molar-refractivity contribution in [3.05, 3.63) is 64.5 Å². The Hall–Kier alpha value is -2.46. The summed E-state index contributed by atoms with van der Waals surface area (Å²) in [6, 6.07) is 10.8. The molecule has 150 valence electrons. The molecule has 0 radical (unpaired) electrons. The van der Waals surface area contributed by atoms with E-state index in [0.29, 0.717) is 5.78 Å². The lowest BCUT2D eigenvalue weighted by Gasteiger charge is -2.32. The van der Waals surface area contributed by atoms with Crippen LogP contribution in [0.15, 0.2) is 36.5 Å². The van der Waals surface area contributed by atoms with E-state index in [1.165, 1.54) is 27.5 Å².